The van der Waals surface area contributed by atoms with E-state index in [1.807, 2.05) is 0 Å². The van der Waals surface area contributed by atoms with E-state index >= 15 is 0 Å². The van der Waals surface area contributed by atoms with Gasteiger partial charge in [0.2, 0.25) is 0 Å². The summed E-state index contributed by atoms with van der Waals surface area (Å²) >= 11 is 0. The fraction of sp³-hybridized carbons (Fsp3) is 0.417. The van der Waals surface area contributed by atoms with Crippen molar-refractivity contribution < 1.29 is 23.8 Å². The zero-order valence-corrected chi connectivity index (χ0v) is 10.6. The molecule has 0 aliphatic carbocycles. The van der Waals surface area contributed by atoms with Gasteiger partial charge >= 0.3 is 11.9 Å². The molecule has 0 aliphatic rings. The molecule has 0 saturated carbocycles. The molecule has 6 heteroatoms. The lowest BCUT2D eigenvalue weighted by Gasteiger charge is -2.08. The van der Waals surface area contributed by atoms with E-state index in [0.717, 1.165) is 0 Å². The summed E-state index contributed by atoms with van der Waals surface area (Å²) in [6.07, 6.45) is 1.34. The summed E-state index contributed by atoms with van der Waals surface area (Å²) < 4.78 is 14.6. The average molecular weight is 253 g/mol. The summed E-state index contributed by atoms with van der Waals surface area (Å²) in [5.74, 6) is -0.929. The molecule has 0 radical (unpaired) electrons. The third kappa shape index (κ3) is 3.19. The standard InChI is InChI=1S/C12H15NO5/c1-4-17-11(14)9-6-8(16-3)7-13-10(9)12(15)18-5-2/h6-7H,4-5H2,1-3H3. The van der Waals surface area contributed by atoms with Crippen LogP contribution in [0, 0.1) is 0 Å². The van der Waals surface area contributed by atoms with Crippen molar-refractivity contribution in [3.8, 4) is 5.75 Å². The van der Waals surface area contributed by atoms with Gasteiger partial charge in [-0.25, -0.2) is 14.6 Å². The number of carbonyl (C=O) groups excluding carboxylic acids is 2. The lowest BCUT2D eigenvalue weighted by molar-refractivity contribution is 0.0473. The van der Waals surface area contributed by atoms with Gasteiger partial charge in [0.25, 0.3) is 0 Å². The van der Waals surface area contributed by atoms with E-state index in [4.69, 9.17) is 14.2 Å². The third-order valence-corrected chi connectivity index (χ3v) is 2.06. The van der Waals surface area contributed by atoms with Crippen LogP contribution in [-0.4, -0.2) is 37.2 Å². The van der Waals surface area contributed by atoms with Gasteiger partial charge in [0.1, 0.15) is 5.75 Å². The van der Waals surface area contributed by atoms with E-state index in [0.29, 0.717) is 5.75 Å². The molecular formula is C12H15NO5. The van der Waals surface area contributed by atoms with Crippen molar-refractivity contribution in [1.82, 2.24) is 4.98 Å². The predicted molar refractivity (Wildman–Crippen MR) is 62.7 cm³/mol. The Labute approximate surface area is 105 Å². The SMILES string of the molecule is CCOC(=O)c1cc(OC)cnc1C(=O)OCC. The number of rotatable bonds is 5. The van der Waals surface area contributed by atoms with E-state index in [-0.39, 0.29) is 24.5 Å². The van der Waals surface area contributed by atoms with Crippen LogP contribution < -0.4 is 4.74 Å². The summed E-state index contributed by atoms with van der Waals surface area (Å²) in [6.45, 7) is 3.76. The Morgan fingerprint density at radius 3 is 2.33 bits per heavy atom. The predicted octanol–water partition coefficient (Wildman–Crippen LogP) is 1.44. The molecule has 0 saturated heterocycles. The fourth-order valence-electron chi connectivity index (χ4n) is 1.28. The first-order valence-electron chi connectivity index (χ1n) is 5.52. The molecule has 0 bridgehead atoms. The van der Waals surface area contributed by atoms with Crippen LogP contribution in [0.15, 0.2) is 12.3 Å². The molecule has 0 fully saturated rings. The van der Waals surface area contributed by atoms with E-state index in [9.17, 15) is 9.59 Å². The van der Waals surface area contributed by atoms with Crippen LogP contribution in [0.3, 0.4) is 0 Å². The Kier molecular flexibility index (Phi) is 5.10. The van der Waals surface area contributed by atoms with Crippen LogP contribution in [0.5, 0.6) is 5.75 Å². The number of hydrogen-bond donors (Lipinski definition) is 0. The van der Waals surface area contributed by atoms with E-state index < -0.39 is 11.9 Å². The number of aromatic nitrogens is 1. The van der Waals surface area contributed by atoms with Crippen molar-refractivity contribution >= 4 is 11.9 Å². The molecule has 0 amide bonds. The summed E-state index contributed by atoms with van der Waals surface area (Å²) in [5.41, 5.74) is -0.0363. The summed E-state index contributed by atoms with van der Waals surface area (Å²) in [6, 6.07) is 1.40. The molecule has 0 unspecified atom stereocenters. The second kappa shape index (κ2) is 6.58. The Bertz CT molecular complexity index is 444. The van der Waals surface area contributed by atoms with Gasteiger partial charge in [-0.3, -0.25) is 0 Å². The summed E-state index contributed by atoms with van der Waals surface area (Å²) in [5, 5.41) is 0. The molecule has 1 aromatic heterocycles. The maximum absolute atomic E-state index is 11.7. The van der Waals surface area contributed by atoms with E-state index in [1.165, 1.54) is 19.4 Å². The highest BCUT2D eigenvalue weighted by Gasteiger charge is 2.21. The van der Waals surface area contributed by atoms with Crippen LogP contribution in [0.25, 0.3) is 0 Å². The molecule has 0 aromatic carbocycles. The van der Waals surface area contributed by atoms with E-state index in [2.05, 4.69) is 4.98 Å². The van der Waals surface area contributed by atoms with Gasteiger partial charge < -0.3 is 14.2 Å². The van der Waals surface area contributed by atoms with Crippen molar-refractivity contribution in [2.45, 2.75) is 13.8 Å². The van der Waals surface area contributed by atoms with Gasteiger partial charge in [-0.1, -0.05) is 0 Å². The van der Waals surface area contributed by atoms with Crippen LogP contribution >= 0.6 is 0 Å². The summed E-state index contributed by atoms with van der Waals surface area (Å²) in [7, 11) is 1.44. The molecule has 0 aliphatic heterocycles. The Hall–Kier alpha value is -2.11. The lowest BCUT2D eigenvalue weighted by atomic mass is 10.2. The molecule has 98 valence electrons. The van der Waals surface area contributed by atoms with Crippen LogP contribution in [-0.2, 0) is 9.47 Å². The molecule has 1 heterocycles. The molecule has 6 nitrogen and oxygen atoms in total. The van der Waals surface area contributed by atoms with Gasteiger partial charge in [-0.05, 0) is 19.9 Å². The fourth-order valence-corrected chi connectivity index (χ4v) is 1.28. The molecule has 18 heavy (non-hydrogen) atoms. The van der Waals surface area contributed by atoms with Crippen molar-refractivity contribution in [3.63, 3.8) is 0 Å². The first-order valence-corrected chi connectivity index (χ1v) is 5.52. The summed E-state index contributed by atoms with van der Waals surface area (Å²) in [4.78, 5) is 27.2. The normalized spacial score (nSPS) is 9.72. The van der Waals surface area contributed by atoms with E-state index in [1.54, 1.807) is 13.8 Å². The first kappa shape index (κ1) is 14.0. The number of methoxy groups -OCH3 is 1. The lowest BCUT2D eigenvalue weighted by Crippen LogP contribution is -2.16. The molecule has 0 atom stereocenters. The monoisotopic (exact) mass is 253 g/mol. The smallest absolute Gasteiger partial charge is 0.357 e. The van der Waals surface area contributed by atoms with Crippen molar-refractivity contribution in [1.29, 1.82) is 0 Å². The van der Waals surface area contributed by atoms with Crippen LogP contribution in [0.1, 0.15) is 34.7 Å². The number of carbonyl (C=O) groups is 2. The zero-order valence-electron chi connectivity index (χ0n) is 10.6. The van der Waals surface area contributed by atoms with Gasteiger partial charge in [-0.15, -0.1) is 0 Å². The Balaban J connectivity index is 3.15. The molecule has 1 rings (SSSR count). The maximum atomic E-state index is 11.7. The second-order valence-electron chi connectivity index (χ2n) is 3.21. The highest BCUT2D eigenvalue weighted by Crippen LogP contribution is 2.17. The van der Waals surface area contributed by atoms with Gasteiger partial charge in [0.05, 0.1) is 32.1 Å². The first-order chi connectivity index (χ1) is 8.63. The largest absolute Gasteiger partial charge is 0.495 e. The highest BCUT2D eigenvalue weighted by molar-refractivity contribution is 6.02. The number of ether oxygens (including phenoxy) is 3. The Morgan fingerprint density at radius 1 is 1.17 bits per heavy atom. The molecule has 0 spiro atoms. The van der Waals surface area contributed by atoms with Crippen molar-refractivity contribution in [2.75, 3.05) is 20.3 Å². The molecule has 1 aromatic rings. The minimum Gasteiger partial charge on any atom is -0.495 e. The van der Waals surface area contributed by atoms with Crippen molar-refractivity contribution in [2.24, 2.45) is 0 Å². The zero-order chi connectivity index (χ0) is 13.5. The minimum atomic E-state index is -0.664. The van der Waals surface area contributed by atoms with Crippen LogP contribution in [0.2, 0.25) is 0 Å². The Morgan fingerprint density at radius 2 is 1.78 bits per heavy atom. The van der Waals surface area contributed by atoms with Gasteiger partial charge in [0, 0.05) is 0 Å². The number of pyridine rings is 1. The quantitative estimate of drug-likeness (QED) is 0.739. The average Bonchev–Trinajstić information content (AvgIpc) is 2.38. The minimum absolute atomic E-state index is 0.0367. The molecular weight excluding hydrogens is 238 g/mol. The highest BCUT2D eigenvalue weighted by atomic mass is 16.5. The maximum Gasteiger partial charge on any atom is 0.357 e. The number of esters is 2. The number of nitrogens with zero attached hydrogens (tertiary/aromatic N) is 1. The molecule has 0 N–H and O–H groups in total. The number of hydrogen-bond acceptors (Lipinski definition) is 6. The second-order valence-corrected chi connectivity index (χ2v) is 3.21. The third-order valence-electron chi connectivity index (χ3n) is 2.06. The van der Waals surface area contributed by atoms with Crippen molar-refractivity contribution in [3.05, 3.63) is 23.5 Å². The topological polar surface area (TPSA) is 74.7 Å². The van der Waals surface area contributed by atoms with Crippen LogP contribution in [0.4, 0.5) is 0 Å². The van der Waals surface area contributed by atoms with Gasteiger partial charge in [-0.2, -0.15) is 0 Å². The van der Waals surface area contributed by atoms with Gasteiger partial charge in [0.15, 0.2) is 5.69 Å².